The maximum atomic E-state index is 12.6. The normalized spacial score (nSPS) is 11.2. The van der Waals surface area contributed by atoms with Crippen LogP contribution in [0.5, 0.6) is 11.5 Å². The number of aromatic nitrogens is 2. The van der Waals surface area contributed by atoms with Gasteiger partial charge < -0.3 is 28.8 Å². The van der Waals surface area contributed by atoms with Crippen LogP contribution in [-0.2, 0) is 11.4 Å². The van der Waals surface area contributed by atoms with Crippen LogP contribution in [0.4, 0.5) is 0 Å². The first-order chi connectivity index (χ1) is 20.7. The number of nitrogens with one attached hydrogen (secondary N) is 1. The molecular formula is C33H33N5O5. The van der Waals surface area contributed by atoms with Crippen LogP contribution in [0, 0.1) is 27.7 Å². The first kappa shape index (κ1) is 29.0. The fourth-order valence-corrected chi connectivity index (χ4v) is 4.88. The van der Waals surface area contributed by atoms with Crippen LogP contribution in [0.2, 0.25) is 0 Å². The average molecular weight is 580 g/mol. The van der Waals surface area contributed by atoms with E-state index in [0.29, 0.717) is 17.3 Å². The van der Waals surface area contributed by atoms with Crippen molar-refractivity contribution >= 4 is 18.0 Å². The first-order valence-electron chi connectivity index (χ1n) is 13.7. The Morgan fingerprint density at radius 1 is 0.814 bits per heavy atom. The highest BCUT2D eigenvalue weighted by molar-refractivity contribution is 5.92. The van der Waals surface area contributed by atoms with Crippen molar-refractivity contribution < 1.29 is 23.5 Å². The molecule has 0 aliphatic carbocycles. The van der Waals surface area contributed by atoms with Gasteiger partial charge in [-0.2, -0.15) is 5.10 Å². The highest BCUT2D eigenvalue weighted by Crippen LogP contribution is 2.23. The van der Waals surface area contributed by atoms with E-state index in [1.54, 1.807) is 30.5 Å². The number of carbonyl (C=O) groups is 2. The van der Waals surface area contributed by atoms with E-state index in [4.69, 9.17) is 19.6 Å². The molecule has 10 heteroatoms. The quantitative estimate of drug-likeness (QED) is 0.162. The highest BCUT2D eigenvalue weighted by atomic mass is 16.5. The van der Waals surface area contributed by atoms with Gasteiger partial charge >= 0.3 is 5.91 Å². The predicted octanol–water partition coefficient (Wildman–Crippen LogP) is 5.30. The second-order valence-electron chi connectivity index (χ2n) is 10.1. The zero-order chi connectivity index (χ0) is 30.5. The molecule has 0 bridgehead atoms. The Labute approximate surface area is 249 Å². The summed E-state index contributed by atoms with van der Waals surface area (Å²) in [4.78, 5) is 23.6. The smallest absolute Gasteiger partial charge is 0.307 e. The fourth-order valence-electron chi connectivity index (χ4n) is 4.88. The number of nitrogens with zero attached hydrogens (tertiary/aromatic N) is 3. The van der Waals surface area contributed by atoms with Crippen LogP contribution in [0.25, 0.3) is 11.4 Å². The summed E-state index contributed by atoms with van der Waals surface area (Å²) >= 11 is 0. The van der Waals surface area contributed by atoms with E-state index in [2.05, 4.69) is 45.6 Å². The maximum Gasteiger partial charge on any atom is 0.307 e. The molecule has 3 aromatic heterocycles. The minimum atomic E-state index is -0.533. The number of ether oxygens (including phenoxy) is 2. The SMILES string of the molecule is Cc1ccc(C)n1-c1ccc(OCc2ccc(C(=O)N/N=C/c3cc(C)n(-c4ccc(OCC(N)=O)cc4)c3C)o2)cc1. The lowest BCUT2D eigenvalue weighted by Crippen LogP contribution is -2.19. The molecule has 10 nitrogen and oxygen atoms in total. The monoisotopic (exact) mass is 579 g/mol. The van der Waals surface area contributed by atoms with Crippen molar-refractivity contribution in [1.82, 2.24) is 14.6 Å². The van der Waals surface area contributed by atoms with Crippen LogP contribution < -0.4 is 20.6 Å². The Kier molecular flexibility index (Phi) is 8.47. The van der Waals surface area contributed by atoms with Crippen LogP contribution in [0.1, 0.15) is 44.7 Å². The van der Waals surface area contributed by atoms with E-state index in [1.807, 2.05) is 56.3 Å². The number of nitrogens with two attached hydrogens (primary N) is 1. The average Bonchev–Trinajstić information content (AvgIpc) is 3.68. The van der Waals surface area contributed by atoms with Gasteiger partial charge in [0.2, 0.25) is 0 Å². The van der Waals surface area contributed by atoms with Crippen molar-refractivity contribution in [3.05, 3.63) is 119 Å². The number of aryl methyl sites for hydroxylation is 3. The number of rotatable bonds is 11. The van der Waals surface area contributed by atoms with Gasteiger partial charge in [-0.05, 0) is 107 Å². The maximum absolute atomic E-state index is 12.6. The third-order valence-corrected chi connectivity index (χ3v) is 6.95. The van der Waals surface area contributed by atoms with Crippen molar-refractivity contribution in [1.29, 1.82) is 0 Å². The molecule has 43 heavy (non-hydrogen) atoms. The van der Waals surface area contributed by atoms with E-state index >= 15 is 0 Å². The van der Waals surface area contributed by atoms with E-state index in [-0.39, 0.29) is 19.0 Å². The number of primary amides is 1. The summed E-state index contributed by atoms with van der Waals surface area (Å²) in [5.74, 6) is 0.899. The summed E-state index contributed by atoms with van der Waals surface area (Å²) in [7, 11) is 0. The van der Waals surface area contributed by atoms with E-state index in [0.717, 1.165) is 39.7 Å². The van der Waals surface area contributed by atoms with E-state index in [9.17, 15) is 9.59 Å². The number of amides is 2. The first-order valence-corrected chi connectivity index (χ1v) is 13.7. The van der Waals surface area contributed by atoms with Crippen molar-refractivity contribution in [2.24, 2.45) is 10.8 Å². The summed E-state index contributed by atoms with van der Waals surface area (Å²) in [6.07, 6.45) is 1.59. The summed E-state index contributed by atoms with van der Waals surface area (Å²) in [6.45, 7) is 8.09. The minimum Gasteiger partial charge on any atom is -0.486 e. The molecule has 0 unspecified atom stereocenters. The molecule has 0 fully saturated rings. The fraction of sp³-hybridized carbons (Fsp3) is 0.182. The van der Waals surface area contributed by atoms with Gasteiger partial charge in [0.15, 0.2) is 12.4 Å². The molecule has 3 heterocycles. The van der Waals surface area contributed by atoms with Gasteiger partial charge in [-0.15, -0.1) is 0 Å². The van der Waals surface area contributed by atoms with Gasteiger partial charge in [0, 0.05) is 39.7 Å². The van der Waals surface area contributed by atoms with Crippen LogP contribution in [-0.4, -0.2) is 33.8 Å². The van der Waals surface area contributed by atoms with E-state index in [1.165, 1.54) is 0 Å². The predicted molar refractivity (Wildman–Crippen MR) is 163 cm³/mol. The Morgan fingerprint density at radius 3 is 2.05 bits per heavy atom. The third-order valence-electron chi connectivity index (χ3n) is 6.95. The lowest BCUT2D eigenvalue weighted by Gasteiger charge is -2.11. The summed E-state index contributed by atoms with van der Waals surface area (Å²) in [5.41, 5.74) is 14.7. The number of furan rings is 1. The molecule has 0 saturated heterocycles. The Hall–Kier alpha value is -5.51. The number of benzene rings is 2. The third kappa shape index (κ3) is 6.70. The van der Waals surface area contributed by atoms with Gasteiger partial charge in [0.1, 0.15) is 23.9 Å². The van der Waals surface area contributed by atoms with Crippen molar-refractivity contribution in [2.75, 3.05) is 6.61 Å². The van der Waals surface area contributed by atoms with Crippen molar-refractivity contribution in [3.63, 3.8) is 0 Å². The lowest BCUT2D eigenvalue weighted by atomic mass is 10.2. The number of hydrogen-bond donors (Lipinski definition) is 2. The second kappa shape index (κ2) is 12.6. The molecule has 220 valence electrons. The van der Waals surface area contributed by atoms with Crippen LogP contribution >= 0.6 is 0 Å². The molecule has 0 spiro atoms. The van der Waals surface area contributed by atoms with Gasteiger partial charge in [-0.1, -0.05) is 0 Å². The molecular weight excluding hydrogens is 546 g/mol. The molecule has 2 aromatic carbocycles. The minimum absolute atomic E-state index is 0.133. The van der Waals surface area contributed by atoms with Gasteiger partial charge in [0.25, 0.3) is 5.91 Å². The Morgan fingerprint density at radius 2 is 1.42 bits per heavy atom. The van der Waals surface area contributed by atoms with Crippen LogP contribution in [0.3, 0.4) is 0 Å². The largest absolute Gasteiger partial charge is 0.486 e. The zero-order valence-electron chi connectivity index (χ0n) is 24.5. The number of carbonyl (C=O) groups excluding carboxylic acids is 2. The Bertz CT molecular complexity index is 1760. The molecule has 5 aromatic rings. The topological polar surface area (TPSA) is 126 Å². The number of hydrogen-bond acceptors (Lipinski definition) is 6. The summed E-state index contributed by atoms with van der Waals surface area (Å²) in [5, 5.41) is 4.13. The highest BCUT2D eigenvalue weighted by Gasteiger charge is 2.13. The molecule has 0 aliphatic rings. The standard InChI is InChI=1S/C33H33N5O5/c1-21-5-6-22(2)37(21)26-7-11-28(12-8-26)41-19-30-15-16-31(43-30)33(40)36-35-18-25-17-23(3)38(24(25)4)27-9-13-29(14-10-27)42-20-32(34)39/h5-18H,19-20H2,1-4H3,(H2,34,39)(H,36,40)/b35-18+. The van der Waals surface area contributed by atoms with Gasteiger partial charge in [-0.25, -0.2) is 5.43 Å². The van der Waals surface area contributed by atoms with Crippen molar-refractivity contribution in [3.8, 4) is 22.9 Å². The molecule has 2 amide bonds. The molecule has 0 atom stereocenters. The van der Waals surface area contributed by atoms with Crippen LogP contribution in [0.15, 0.2) is 88.4 Å². The van der Waals surface area contributed by atoms with Gasteiger partial charge in [0.05, 0.1) is 6.21 Å². The van der Waals surface area contributed by atoms with E-state index < -0.39 is 11.8 Å². The second-order valence-corrected chi connectivity index (χ2v) is 10.1. The lowest BCUT2D eigenvalue weighted by molar-refractivity contribution is -0.119. The zero-order valence-corrected chi connectivity index (χ0v) is 24.5. The summed E-state index contributed by atoms with van der Waals surface area (Å²) in [6, 6.07) is 24.6. The molecule has 3 N–H and O–H groups in total. The van der Waals surface area contributed by atoms with Gasteiger partial charge in [-0.3, -0.25) is 9.59 Å². The molecule has 0 saturated carbocycles. The molecule has 0 aliphatic heterocycles. The molecule has 0 radical (unpaired) electrons. The number of hydrazone groups is 1. The summed E-state index contributed by atoms with van der Waals surface area (Å²) < 4.78 is 21.1. The Balaban J connectivity index is 1.16. The van der Waals surface area contributed by atoms with Crippen molar-refractivity contribution in [2.45, 2.75) is 34.3 Å². The molecule has 5 rings (SSSR count).